The van der Waals surface area contributed by atoms with Crippen molar-refractivity contribution in [3.05, 3.63) is 109 Å². The van der Waals surface area contributed by atoms with Gasteiger partial charge >= 0.3 is 0 Å². The van der Waals surface area contributed by atoms with E-state index in [9.17, 15) is 19.4 Å². The number of allylic oxidation sites excluding steroid dienone is 17. The highest BCUT2D eigenvalue weighted by Gasteiger charge is 2.23. The molecule has 0 radical (unpaired) electrons. The lowest BCUT2D eigenvalue weighted by Gasteiger charge is -2.29. The normalized spacial score (nSPS) is 14.8. The van der Waals surface area contributed by atoms with E-state index in [4.69, 9.17) is 9.05 Å². The summed E-state index contributed by atoms with van der Waals surface area (Å²) in [6.07, 6.45) is 74.5. The summed E-state index contributed by atoms with van der Waals surface area (Å²) in [6, 6.07) is -0.918. The monoisotopic (exact) mass is 995 g/mol. The number of hydrogen-bond acceptors (Lipinski definition) is 6. The van der Waals surface area contributed by atoms with E-state index < -0.39 is 26.6 Å². The van der Waals surface area contributed by atoms with Crippen molar-refractivity contribution < 1.29 is 32.9 Å². The second kappa shape index (κ2) is 51.1. The number of carbonyl (C=O) groups excluding carboxylic acids is 1. The number of unbranched alkanes of at least 4 members (excludes halogenated alkanes) is 21. The lowest BCUT2D eigenvalue weighted by molar-refractivity contribution is -0.870. The van der Waals surface area contributed by atoms with E-state index in [0.29, 0.717) is 17.4 Å². The van der Waals surface area contributed by atoms with Gasteiger partial charge in [0.2, 0.25) is 5.91 Å². The van der Waals surface area contributed by atoms with Crippen LogP contribution in [0, 0.1) is 0 Å². The number of aliphatic hydroxyl groups is 1. The number of hydrogen-bond donors (Lipinski definition) is 2. The minimum absolute atomic E-state index is 0.0142. The maximum absolute atomic E-state index is 13.0. The van der Waals surface area contributed by atoms with Crippen LogP contribution in [-0.4, -0.2) is 68.5 Å². The van der Waals surface area contributed by atoms with E-state index in [0.717, 1.165) is 83.5 Å². The molecular weight excluding hydrogens is 888 g/mol. The quantitative estimate of drug-likeness (QED) is 0.0272. The molecule has 3 atom stereocenters. The number of phosphoric acid groups is 1. The Balaban J connectivity index is 4.24. The molecule has 0 fully saturated rings. The number of amides is 1. The van der Waals surface area contributed by atoms with E-state index in [1.807, 2.05) is 27.2 Å². The fourth-order valence-electron chi connectivity index (χ4n) is 7.54. The number of aliphatic hydroxyl groups excluding tert-OH is 1. The van der Waals surface area contributed by atoms with Crippen LogP contribution in [0.4, 0.5) is 0 Å². The Bertz CT molecular complexity index is 1500. The second-order valence-electron chi connectivity index (χ2n) is 19.9. The fourth-order valence-corrected chi connectivity index (χ4v) is 8.26. The van der Waals surface area contributed by atoms with Crippen LogP contribution in [0.2, 0.25) is 0 Å². The zero-order valence-electron chi connectivity index (χ0n) is 45.7. The van der Waals surface area contributed by atoms with Crippen LogP contribution in [0.15, 0.2) is 109 Å². The number of quaternary nitrogens is 1. The van der Waals surface area contributed by atoms with Gasteiger partial charge in [-0.1, -0.05) is 226 Å². The molecule has 3 unspecified atom stereocenters. The summed E-state index contributed by atoms with van der Waals surface area (Å²) in [4.78, 5) is 25.5. The molecule has 0 saturated heterocycles. The van der Waals surface area contributed by atoms with Crippen molar-refractivity contribution >= 4 is 13.7 Å². The number of likely N-dealkylation sites (N-methyl/N-ethyl adjacent to an activating group) is 1. The minimum Gasteiger partial charge on any atom is -0.756 e. The molecule has 0 rings (SSSR count). The van der Waals surface area contributed by atoms with Crippen LogP contribution in [0.25, 0.3) is 0 Å². The molecule has 0 spiro atoms. The first kappa shape index (κ1) is 67.2. The van der Waals surface area contributed by atoms with Crippen molar-refractivity contribution in [2.45, 2.75) is 231 Å². The third-order valence-corrected chi connectivity index (χ3v) is 12.9. The number of nitrogens with one attached hydrogen (secondary N) is 1. The third-order valence-electron chi connectivity index (χ3n) is 11.9. The molecule has 0 aliphatic carbocycles. The van der Waals surface area contributed by atoms with Gasteiger partial charge in [-0.05, 0) is 96.3 Å². The first-order valence-electron chi connectivity index (χ1n) is 28.2. The molecule has 0 aromatic heterocycles. The minimum atomic E-state index is -4.61. The Hall–Kier alpha value is -2.84. The molecule has 0 heterocycles. The SMILES string of the molecule is CC/C=C\C/C=C\C/C=C\C/C=C\C/C=C\C/C=C\CCCCCCCCCCCCCCC(=O)NC(COP(=O)([O-])OCC[N+](C)(C)C)C(O)/C=C/CC/C=C/CC/C=C/CCCCCCCCC. The van der Waals surface area contributed by atoms with Crippen molar-refractivity contribution in [2.24, 2.45) is 0 Å². The third kappa shape index (κ3) is 53.0. The van der Waals surface area contributed by atoms with E-state index in [1.54, 1.807) is 6.08 Å². The van der Waals surface area contributed by atoms with E-state index in [1.165, 1.54) is 116 Å². The number of rotatable bonds is 50. The Morgan fingerprint density at radius 3 is 1.33 bits per heavy atom. The van der Waals surface area contributed by atoms with Crippen molar-refractivity contribution in [3.8, 4) is 0 Å². The van der Waals surface area contributed by atoms with Gasteiger partial charge in [0.15, 0.2) is 0 Å². The first-order chi connectivity index (χ1) is 34.0. The molecule has 0 aromatic rings. The van der Waals surface area contributed by atoms with Gasteiger partial charge in [-0.15, -0.1) is 0 Å². The fraction of sp³-hybridized carbons (Fsp3) is 0.689. The number of nitrogens with zero attached hydrogens (tertiary/aromatic N) is 1. The van der Waals surface area contributed by atoms with Crippen molar-refractivity contribution in [1.29, 1.82) is 0 Å². The summed E-state index contributed by atoms with van der Waals surface area (Å²) in [5, 5.41) is 13.8. The van der Waals surface area contributed by atoms with Gasteiger partial charge in [0, 0.05) is 6.42 Å². The molecule has 0 bridgehead atoms. The van der Waals surface area contributed by atoms with Gasteiger partial charge in [-0.25, -0.2) is 0 Å². The van der Waals surface area contributed by atoms with E-state index in [2.05, 4.69) is 116 Å². The Morgan fingerprint density at radius 1 is 0.514 bits per heavy atom. The largest absolute Gasteiger partial charge is 0.756 e. The maximum atomic E-state index is 13.0. The standard InChI is InChI=1S/C61H107N2O6P/c1-6-8-10-12-14-16-18-20-22-24-25-26-27-28-29-30-31-32-33-34-35-36-37-39-41-43-45-47-49-51-53-55-61(65)62-59(58-69-70(66,67)68-57-56-63(3,4)5)60(64)54-52-50-48-46-44-42-40-38-23-21-19-17-15-13-11-9-7-2/h8,10,14,16,20,22-23,25-26,28-29,31-32,38,44,46,52,54,59-60,64H,6-7,9,11-13,15,17-19,21,24,27,30,33-37,39-43,45,47-51,53,55-58H2,1-5H3,(H-,62,65,66,67)/b10-8-,16-14-,22-20-,26-25-,29-28-,32-31-,38-23+,46-44+,54-52+. The molecule has 0 aliphatic rings. The molecule has 1 amide bonds. The highest BCUT2D eigenvalue weighted by Crippen LogP contribution is 2.38. The summed E-state index contributed by atoms with van der Waals surface area (Å²) in [7, 11) is 1.22. The van der Waals surface area contributed by atoms with Gasteiger partial charge in [0.25, 0.3) is 7.82 Å². The molecule has 0 aromatic carbocycles. The van der Waals surface area contributed by atoms with Gasteiger partial charge in [-0.3, -0.25) is 9.36 Å². The lowest BCUT2D eigenvalue weighted by Crippen LogP contribution is -2.45. The smallest absolute Gasteiger partial charge is 0.268 e. The summed E-state index contributed by atoms with van der Waals surface area (Å²) in [5.74, 6) is -0.218. The Morgan fingerprint density at radius 2 is 0.886 bits per heavy atom. The van der Waals surface area contributed by atoms with Crippen molar-refractivity contribution in [2.75, 3.05) is 40.9 Å². The number of carbonyl (C=O) groups is 1. The maximum Gasteiger partial charge on any atom is 0.268 e. The predicted octanol–water partition coefficient (Wildman–Crippen LogP) is 16.6. The highest BCUT2D eigenvalue weighted by molar-refractivity contribution is 7.45. The lowest BCUT2D eigenvalue weighted by atomic mass is 10.0. The van der Waals surface area contributed by atoms with Crippen molar-refractivity contribution in [1.82, 2.24) is 5.32 Å². The number of phosphoric ester groups is 1. The summed E-state index contributed by atoms with van der Waals surface area (Å²) >= 11 is 0. The zero-order chi connectivity index (χ0) is 51.3. The average molecular weight is 996 g/mol. The molecule has 0 aliphatic heterocycles. The van der Waals surface area contributed by atoms with Crippen LogP contribution in [0.1, 0.15) is 219 Å². The first-order valence-corrected chi connectivity index (χ1v) is 29.7. The predicted molar refractivity (Wildman–Crippen MR) is 302 cm³/mol. The summed E-state index contributed by atoms with van der Waals surface area (Å²) in [5.41, 5.74) is 0. The molecule has 70 heavy (non-hydrogen) atoms. The van der Waals surface area contributed by atoms with E-state index >= 15 is 0 Å². The molecule has 0 saturated carbocycles. The van der Waals surface area contributed by atoms with Gasteiger partial charge < -0.3 is 28.8 Å². The molecule has 402 valence electrons. The van der Waals surface area contributed by atoms with Gasteiger partial charge in [0.1, 0.15) is 13.2 Å². The van der Waals surface area contributed by atoms with Crippen LogP contribution < -0.4 is 10.2 Å². The van der Waals surface area contributed by atoms with Crippen LogP contribution in [0.5, 0.6) is 0 Å². The average Bonchev–Trinajstić information content (AvgIpc) is 3.32. The topological polar surface area (TPSA) is 108 Å². The van der Waals surface area contributed by atoms with Crippen LogP contribution in [0.3, 0.4) is 0 Å². The van der Waals surface area contributed by atoms with Crippen molar-refractivity contribution in [3.63, 3.8) is 0 Å². The van der Waals surface area contributed by atoms with Crippen LogP contribution in [-0.2, 0) is 18.4 Å². The molecule has 8 nitrogen and oxygen atoms in total. The Kier molecular flexibility index (Phi) is 49.0. The summed E-state index contributed by atoms with van der Waals surface area (Å²) in [6.45, 7) is 4.49. The molecule has 9 heteroatoms. The van der Waals surface area contributed by atoms with E-state index in [-0.39, 0.29) is 12.5 Å². The Labute approximate surface area is 431 Å². The van der Waals surface area contributed by atoms with Gasteiger partial charge in [-0.2, -0.15) is 0 Å². The molecule has 2 N–H and O–H groups in total. The zero-order valence-corrected chi connectivity index (χ0v) is 46.6. The van der Waals surface area contributed by atoms with Gasteiger partial charge in [0.05, 0.1) is 39.9 Å². The second-order valence-corrected chi connectivity index (χ2v) is 21.3. The van der Waals surface area contributed by atoms with Crippen LogP contribution >= 0.6 is 7.82 Å². The summed E-state index contributed by atoms with van der Waals surface area (Å²) < 4.78 is 23.3. The highest BCUT2D eigenvalue weighted by atomic mass is 31.2. The molecular formula is C61H107N2O6P.